The molecule has 0 aliphatic rings. The highest BCUT2D eigenvalue weighted by Crippen LogP contribution is 2.37. The summed E-state index contributed by atoms with van der Waals surface area (Å²) < 4.78 is 2.10. The standard InChI is InChI=1S/C23H21N7O6S2/c1-3-5-13-26-28-20(33)16(18(31)24-22(28)37-13)15(11-7-9-12(10-8-11)30(35)36)17-19(32)25-23-29(21(17)34)27-14(38-23)6-4-2/h7-10,15,31-32H,3-6H2,1-2H3. The number of aromatic nitrogens is 6. The third-order valence-corrected chi connectivity index (χ3v) is 7.81. The molecule has 13 nitrogen and oxygen atoms in total. The van der Waals surface area contributed by atoms with Crippen molar-refractivity contribution >= 4 is 38.3 Å². The van der Waals surface area contributed by atoms with Crippen LogP contribution in [0.3, 0.4) is 0 Å². The number of nitrogens with zero attached hydrogens (tertiary/aromatic N) is 7. The van der Waals surface area contributed by atoms with Crippen LogP contribution in [-0.4, -0.2) is 44.3 Å². The van der Waals surface area contributed by atoms with Crippen molar-refractivity contribution in [1.82, 2.24) is 29.2 Å². The van der Waals surface area contributed by atoms with E-state index in [1.54, 1.807) is 0 Å². The monoisotopic (exact) mass is 555 g/mol. The Morgan fingerprint density at radius 3 is 1.71 bits per heavy atom. The number of hydrogen-bond donors (Lipinski definition) is 2. The fraction of sp³-hybridized carbons (Fsp3) is 0.304. The molecule has 196 valence electrons. The molecule has 0 unspecified atom stereocenters. The van der Waals surface area contributed by atoms with Gasteiger partial charge in [-0.05, 0) is 18.4 Å². The maximum atomic E-state index is 13.7. The zero-order chi connectivity index (χ0) is 27.1. The second kappa shape index (κ2) is 9.90. The van der Waals surface area contributed by atoms with Gasteiger partial charge >= 0.3 is 0 Å². The Morgan fingerprint density at radius 1 is 0.868 bits per heavy atom. The van der Waals surface area contributed by atoms with E-state index in [9.17, 15) is 29.9 Å². The molecule has 5 aromatic rings. The lowest BCUT2D eigenvalue weighted by molar-refractivity contribution is -0.384. The molecule has 2 N–H and O–H groups in total. The molecule has 0 fully saturated rings. The number of aryl methyl sites for hydroxylation is 2. The van der Waals surface area contributed by atoms with Crippen LogP contribution in [-0.2, 0) is 12.8 Å². The van der Waals surface area contributed by atoms with Crippen molar-refractivity contribution in [3.8, 4) is 11.8 Å². The zero-order valence-corrected chi connectivity index (χ0v) is 21.8. The van der Waals surface area contributed by atoms with Crippen LogP contribution < -0.4 is 11.1 Å². The lowest BCUT2D eigenvalue weighted by Crippen LogP contribution is -2.29. The van der Waals surface area contributed by atoms with Gasteiger partial charge < -0.3 is 10.2 Å². The molecule has 4 aromatic heterocycles. The largest absolute Gasteiger partial charge is 0.493 e. The molecule has 4 heterocycles. The van der Waals surface area contributed by atoms with Gasteiger partial charge in [0, 0.05) is 25.0 Å². The third kappa shape index (κ3) is 4.28. The summed E-state index contributed by atoms with van der Waals surface area (Å²) in [5, 5.41) is 43.0. The van der Waals surface area contributed by atoms with E-state index in [1.807, 2.05) is 13.8 Å². The Hall–Kier alpha value is -4.24. The van der Waals surface area contributed by atoms with E-state index in [2.05, 4.69) is 20.2 Å². The number of benzene rings is 1. The van der Waals surface area contributed by atoms with Gasteiger partial charge in [0.2, 0.25) is 21.7 Å². The van der Waals surface area contributed by atoms with Crippen LogP contribution in [0.15, 0.2) is 33.9 Å². The Kier molecular flexibility index (Phi) is 6.62. The first kappa shape index (κ1) is 25.4. The first-order chi connectivity index (χ1) is 18.2. The Morgan fingerprint density at radius 2 is 1.32 bits per heavy atom. The van der Waals surface area contributed by atoms with Crippen molar-refractivity contribution in [2.45, 2.75) is 45.4 Å². The van der Waals surface area contributed by atoms with Crippen LogP contribution in [0.4, 0.5) is 5.69 Å². The first-order valence-corrected chi connectivity index (χ1v) is 13.3. The molecule has 38 heavy (non-hydrogen) atoms. The van der Waals surface area contributed by atoms with Crippen LogP contribution in [0.2, 0.25) is 0 Å². The molecule has 0 spiro atoms. The number of nitro groups is 1. The minimum Gasteiger partial charge on any atom is -0.493 e. The van der Waals surface area contributed by atoms with Crippen LogP contribution in [0, 0.1) is 10.1 Å². The minimum atomic E-state index is -1.38. The molecule has 0 aliphatic heterocycles. The minimum absolute atomic E-state index is 0.167. The molecule has 15 heteroatoms. The van der Waals surface area contributed by atoms with Crippen molar-refractivity contribution in [1.29, 1.82) is 0 Å². The van der Waals surface area contributed by atoms with Gasteiger partial charge in [-0.25, -0.2) is 0 Å². The molecule has 1 aromatic carbocycles. The lowest BCUT2D eigenvalue weighted by atomic mass is 9.87. The zero-order valence-electron chi connectivity index (χ0n) is 20.2. The molecule has 5 rings (SSSR count). The molecule has 0 saturated carbocycles. The fourth-order valence-electron chi connectivity index (χ4n) is 4.17. The SMILES string of the molecule is CCCc1nn2c(=O)c(C(c3ccc([N+](=O)[O-])cc3)c3c(O)nc4sc(CCC)nn4c3=O)c(O)nc2s1. The van der Waals surface area contributed by atoms with Gasteiger partial charge in [0.25, 0.3) is 16.8 Å². The third-order valence-electron chi connectivity index (χ3n) is 5.88. The van der Waals surface area contributed by atoms with Gasteiger partial charge in [0.15, 0.2) is 0 Å². The van der Waals surface area contributed by atoms with Crippen molar-refractivity contribution in [3.05, 3.63) is 81.8 Å². The predicted octanol–water partition coefficient (Wildman–Crippen LogP) is 3.02. The van der Waals surface area contributed by atoms with E-state index in [1.165, 1.54) is 24.3 Å². The number of nitro benzene ring substituents is 1. The Labute approximate surface area is 221 Å². The molecule has 0 atom stereocenters. The average molecular weight is 556 g/mol. The van der Waals surface area contributed by atoms with Crippen molar-refractivity contribution in [2.24, 2.45) is 0 Å². The van der Waals surface area contributed by atoms with E-state index in [-0.39, 0.29) is 32.3 Å². The number of rotatable bonds is 8. The summed E-state index contributed by atoms with van der Waals surface area (Å²) in [4.78, 5) is 46.6. The summed E-state index contributed by atoms with van der Waals surface area (Å²) in [7, 11) is 0. The molecular formula is C23H21N7O6S2. The number of hydrogen-bond acceptors (Lipinski definition) is 12. The number of aromatic hydroxyl groups is 2. The summed E-state index contributed by atoms with van der Waals surface area (Å²) in [6.07, 6.45) is 2.76. The van der Waals surface area contributed by atoms with Gasteiger partial charge in [-0.3, -0.25) is 19.7 Å². The quantitative estimate of drug-likeness (QED) is 0.213. The van der Waals surface area contributed by atoms with Crippen molar-refractivity contribution in [2.75, 3.05) is 0 Å². The smallest absolute Gasteiger partial charge is 0.283 e. The topological polar surface area (TPSA) is 178 Å². The van der Waals surface area contributed by atoms with E-state index in [4.69, 9.17) is 0 Å². The lowest BCUT2D eigenvalue weighted by Gasteiger charge is -2.18. The summed E-state index contributed by atoms with van der Waals surface area (Å²) in [5.41, 5.74) is -2.16. The van der Waals surface area contributed by atoms with E-state index in [0.29, 0.717) is 22.9 Å². The molecule has 0 saturated heterocycles. The van der Waals surface area contributed by atoms with Crippen LogP contribution >= 0.6 is 22.7 Å². The molecule has 0 bridgehead atoms. The number of non-ortho nitro benzene ring substituents is 1. The Bertz CT molecular complexity index is 1700. The van der Waals surface area contributed by atoms with E-state index in [0.717, 1.165) is 44.5 Å². The Balaban J connectivity index is 1.82. The highest BCUT2D eigenvalue weighted by atomic mass is 32.1. The van der Waals surface area contributed by atoms with Crippen molar-refractivity contribution < 1.29 is 15.1 Å². The number of fused-ring (bicyclic) bond motifs is 2. The van der Waals surface area contributed by atoms with Gasteiger partial charge in [0.05, 0.1) is 22.0 Å². The highest BCUT2D eigenvalue weighted by Gasteiger charge is 2.33. The summed E-state index contributed by atoms with van der Waals surface area (Å²) in [6.45, 7) is 3.92. The molecule has 0 aliphatic carbocycles. The van der Waals surface area contributed by atoms with Crippen LogP contribution in [0.1, 0.15) is 59.3 Å². The van der Waals surface area contributed by atoms with Crippen LogP contribution in [0.25, 0.3) is 9.92 Å². The van der Waals surface area contributed by atoms with Gasteiger partial charge in [0.1, 0.15) is 10.0 Å². The maximum Gasteiger partial charge on any atom is 0.283 e. The summed E-state index contributed by atoms with van der Waals surface area (Å²) >= 11 is 2.30. The van der Waals surface area contributed by atoms with E-state index >= 15 is 0 Å². The second-order valence-corrected chi connectivity index (χ2v) is 10.6. The second-order valence-electron chi connectivity index (χ2n) is 8.47. The molecule has 0 radical (unpaired) electrons. The van der Waals surface area contributed by atoms with Gasteiger partial charge in [-0.2, -0.15) is 29.2 Å². The predicted molar refractivity (Wildman–Crippen MR) is 140 cm³/mol. The molecule has 0 amide bonds. The van der Waals surface area contributed by atoms with Gasteiger partial charge in [-0.15, -0.1) is 0 Å². The highest BCUT2D eigenvalue weighted by molar-refractivity contribution is 7.16. The van der Waals surface area contributed by atoms with Gasteiger partial charge in [-0.1, -0.05) is 48.7 Å². The average Bonchev–Trinajstić information content (AvgIpc) is 3.47. The van der Waals surface area contributed by atoms with Crippen LogP contribution in [0.5, 0.6) is 11.8 Å². The maximum absolute atomic E-state index is 13.7. The summed E-state index contributed by atoms with van der Waals surface area (Å²) in [6, 6.07) is 5.09. The van der Waals surface area contributed by atoms with Crippen molar-refractivity contribution in [3.63, 3.8) is 0 Å². The fourth-order valence-corrected chi connectivity index (χ4v) is 6.14. The normalized spacial score (nSPS) is 11.7. The molecular weight excluding hydrogens is 534 g/mol. The first-order valence-electron chi connectivity index (χ1n) is 11.7. The summed E-state index contributed by atoms with van der Waals surface area (Å²) in [5.74, 6) is -2.69. The van der Waals surface area contributed by atoms with E-state index < -0.39 is 33.7 Å².